The summed E-state index contributed by atoms with van der Waals surface area (Å²) in [7, 11) is 1.78. The molecule has 0 bridgehead atoms. The Morgan fingerprint density at radius 1 is 1.35 bits per heavy atom. The normalized spacial score (nSPS) is 16.7. The van der Waals surface area contributed by atoms with Crippen LogP contribution in [0, 0.1) is 0 Å². The monoisotopic (exact) mass is 311 g/mol. The third kappa shape index (κ3) is 2.52. The minimum atomic E-state index is -0.446. The fourth-order valence-corrected chi connectivity index (χ4v) is 2.53. The highest BCUT2D eigenvalue weighted by molar-refractivity contribution is 6.28. The number of nitrogens with one attached hydrogen (secondary N) is 1. The summed E-state index contributed by atoms with van der Waals surface area (Å²) in [6.07, 6.45) is 1.55. The van der Waals surface area contributed by atoms with Gasteiger partial charge in [-0.15, -0.1) is 0 Å². The average Bonchev–Trinajstić information content (AvgIpc) is 2.67. The largest absolute Gasteiger partial charge is 0.462 e. The SMILES string of the molecule is CCOC(=O)C1=C(C)N(C)C2=Nc3ccccc3NC(=O)C2=C1. The Hall–Kier alpha value is -2.89. The Labute approximate surface area is 134 Å². The first kappa shape index (κ1) is 15.0. The number of aliphatic imine (C=N–C) groups is 1. The molecule has 2 aliphatic rings. The standard InChI is InChI=1S/C17H17N3O3/c1-4-23-17(22)11-9-12-15(20(3)10(11)2)18-13-7-5-6-8-14(13)19-16(12)21/h5-9H,4H2,1-3H3,(H,19,21). The zero-order valence-corrected chi connectivity index (χ0v) is 13.2. The van der Waals surface area contributed by atoms with Gasteiger partial charge in [-0.1, -0.05) is 12.1 Å². The van der Waals surface area contributed by atoms with Crippen molar-refractivity contribution in [2.45, 2.75) is 13.8 Å². The number of carbonyl (C=O) groups is 2. The molecule has 118 valence electrons. The van der Waals surface area contributed by atoms with Gasteiger partial charge in [0, 0.05) is 12.7 Å². The zero-order chi connectivity index (χ0) is 16.6. The van der Waals surface area contributed by atoms with Gasteiger partial charge in [-0.2, -0.15) is 0 Å². The average molecular weight is 311 g/mol. The number of amides is 1. The number of ether oxygens (including phenoxy) is 1. The van der Waals surface area contributed by atoms with E-state index in [0.717, 1.165) is 0 Å². The van der Waals surface area contributed by atoms with Crippen LogP contribution < -0.4 is 5.32 Å². The summed E-state index contributed by atoms with van der Waals surface area (Å²) in [4.78, 5) is 31.0. The van der Waals surface area contributed by atoms with Crippen LogP contribution in [0.4, 0.5) is 11.4 Å². The van der Waals surface area contributed by atoms with Crippen LogP contribution in [0.15, 0.2) is 52.2 Å². The molecule has 0 spiro atoms. The summed E-state index contributed by atoms with van der Waals surface area (Å²) in [5, 5.41) is 2.83. The molecule has 1 amide bonds. The number of para-hydroxylation sites is 2. The highest BCUT2D eigenvalue weighted by Crippen LogP contribution is 2.32. The number of amidine groups is 1. The van der Waals surface area contributed by atoms with Gasteiger partial charge in [0.1, 0.15) is 5.84 Å². The Bertz CT molecular complexity index is 790. The number of fused-ring (bicyclic) bond motifs is 2. The lowest BCUT2D eigenvalue weighted by molar-refractivity contribution is -0.138. The number of likely N-dealkylation sites (N-methyl/N-ethyl adjacent to an activating group) is 1. The maximum absolute atomic E-state index is 12.5. The summed E-state index contributed by atoms with van der Waals surface area (Å²) in [6, 6.07) is 7.32. The molecular formula is C17H17N3O3. The molecule has 6 heteroatoms. The van der Waals surface area contributed by atoms with E-state index in [4.69, 9.17) is 4.74 Å². The first-order chi connectivity index (χ1) is 11.0. The molecular weight excluding hydrogens is 294 g/mol. The van der Waals surface area contributed by atoms with Crippen LogP contribution in [0.2, 0.25) is 0 Å². The van der Waals surface area contributed by atoms with Gasteiger partial charge in [-0.05, 0) is 32.1 Å². The number of esters is 1. The van der Waals surface area contributed by atoms with Crippen molar-refractivity contribution in [2.75, 3.05) is 19.0 Å². The first-order valence-corrected chi connectivity index (χ1v) is 7.35. The minimum absolute atomic E-state index is 0.279. The molecule has 1 aromatic rings. The van der Waals surface area contributed by atoms with E-state index in [-0.39, 0.29) is 12.5 Å². The molecule has 6 nitrogen and oxygen atoms in total. The lowest BCUT2D eigenvalue weighted by atomic mass is 10.0. The number of allylic oxidation sites excluding steroid dienone is 1. The van der Waals surface area contributed by atoms with Crippen LogP contribution in [-0.4, -0.2) is 36.3 Å². The van der Waals surface area contributed by atoms with Crippen molar-refractivity contribution in [3.63, 3.8) is 0 Å². The van der Waals surface area contributed by atoms with E-state index in [1.807, 2.05) is 18.2 Å². The minimum Gasteiger partial charge on any atom is -0.462 e. The molecule has 3 rings (SSSR count). The predicted octanol–water partition coefficient (Wildman–Crippen LogP) is 2.38. The van der Waals surface area contributed by atoms with E-state index in [0.29, 0.717) is 34.1 Å². The quantitative estimate of drug-likeness (QED) is 0.851. The van der Waals surface area contributed by atoms with E-state index < -0.39 is 5.97 Å². The van der Waals surface area contributed by atoms with Gasteiger partial charge in [0.2, 0.25) is 0 Å². The number of nitrogens with zero attached hydrogens (tertiary/aromatic N) is 2. The van der Waals surface area contributed by atoms with Crippen LogP contribution in [-0.2, 0) is 14.3 Å². The number of benzene rings is 1. The molecule has 1 N–H and O–H groups in total. The van der Waals surface area contributed by atoms with Crippen molar-refractivity contribution < 1.29 is 14.3 Å². The van der Waals surface area contributed by atoms with Gasteiger partial charge in [0.25, 0.3) is 5.91 Å². The number of hydrogen-bond donors (Lipinski definition) is 1. The Morgan fingerprint density at radius 2 is 2.09 bits per heavy atom. The molecule has 0 unspecified atom stereocenters. The highest BCUT2D eigenvalue weighted by Gasteiger charge is 2.31. The Balaban J connectivity index is 2.12. The van der Waals surface area contributed by atoms with Crippen LogP contribution in [0.5, 0.6) is 0 Å². The van der Waals surface area contributed by atoms with Crippen molar-refractivity contribution in [1.82, 2.24) is 4.90 Å². The number of anilines is 1. The molecule has 0 fully saturated rings. The maximum Gasteiger partial charge on any atom is 0.339 e. The molecule has 0 saturated carbocycles. The van der Waals surface area contributed by atoms with Crippen molar-refractivity contribution in [2.24, 2.45) is 4.99 Å². The van der Waals surface area contributed by atoms with E-state index in [9.17, 15) is 9.59 Å². The molecule has 23 heavy (non-hydrogen) atoms. The van der Waals surface area contributed by atoms with Gasteiger partial charge in [0.05, 0.1) is 29.1 Å². The Kier molecular flexibility index (Phi) is 3.73. The van der Waals surface area contributed by atoms with E-state index in [1.165, 1.54) is 0 Å². The lowest BCUT2D eigenvalue weighted by Crippen LogP contribution is -2.35. The van der Waals surface area contributed by atoms with Gasteiger partial charge < -0.3 is 15.0 Å². The second-order valence-corrected chi connectivity index (χ2v) is 5.24. The fourth-order valence-electron chi connectivity index (χ4n) is 2.53. The molecule has 0 atom stereocenters. The summed E-state index contributed by atoms with van der Waals surface area (Å²) in [5.41, 5.74) is 2.72. The Morgan fingerprint density at radius 3 is 2.83 bits per heavy atom. The second-order valence-electron chi connectivity index (χ2n) is 5.24. The van der Waals surface area contributed by atoms with Gasteiger partial charge in [-0.3, -0.25) is 4.79 Å². The molecule has 0 aliphatic carbocycles. The molecule has 1 aromatic carbocycles. The van der Waals surface area contributed by atoms with Crippen molar-refractivity contribution in [1.29, 1.82) is 0 Å². The number of hydrogen-bond acceptors (Lipinski definition) is 5. The van der Waals surface area contributed by atoms with Gasteiger partial charge in [0.15, 0.2) is 0 Å². The fraction of sp³-hybridized carbons (Fsp3) is 0.235. The van der Waals surface area contributed by atoms with Crippen molar-refractivity contribution in [3.05, 3.63) is 47.2 Å². The van der Waals surface area contributed by atoms with Gasteiger partial charge in [-0.25, -0.2) is 9.79 Å². The van der Waals surface area contributed by atoms with Crippen LogP contribution in [0.25, 0.3) is 0 Å². The third-order valence-corrected chi connectivity index (χ3v) is 3.86. The van der Waals surface area contributed by atoms with Gasteiger partial charge >= 0.3 is 5.97 Å². The third-order valence-electron chi connectivity index (χ3n) is 3.86. The van der Waals surface area contributed by atoms with Crippen LogP contribution in [0.1, 0.15) is 13.8 Å². The second kappa shape index (κ2) is 5.72. The summed E-state index contributed by atoms with van der Waals surface area (Å²) in [6.45, 7) is 3.83. The van der Waals surface area contributed by atoms with Crippen LogP contribution in [0.3, 0.4) is 0 Å². The van der Waals surface area contributed by atoms with Crippen molar-refractivity contribution in [3.8, 4) is 0 Å². The first-order valence-electron chi connectivity index (χ1n) is 7.35. The summed E-state index contributed by atoms with van der Waals surface area (Å²) < 4.78 is 5.07. The molecule has 2 aliphatic heterocycles. The summed E-state index contributed by atoms with van der Waals surface area (Å²) >= 11 is 0. The predicted molar refractivity (Wildman–Crippen MR) is 87.3 cm³/mol. The van der Waals surface area contributed by atoms with E-state index in [2.05, 4.69) is 10.3 Å². The number of carbonyl (C=O) groups excluding carboxylic acids is 2. The molecule has 0 saturated heterocycles. The maximum atomic E-state index is 12.5. The lowest BCUT2D eigenvalue weighted by Gasteiger charge is -2.28. The zero-order valence-electron chi connectivity index (χ0n) is 13.2. The topological polar surface area (TPSA) is 71.0 Å². The number of rotatable bonds is 2. The molecule has 0 radical (unpaired) electrons. The van der Waals surface area contributed by atoms with Crippen LogP contribution >= 0.6 is 0 Å². The smallest absolute Gasteiger partial charge is 0.339 e. The molecule has 0 aromatic heterocycles. The van der Waals surface area contributed by atoms with E-state index >= 15 is 0 Å². The summed E-state index contributed by atoms with van der Waals surface area (Å²) in [5.74, 6) is -0.231. The molecule has 2 heterocycles. The van der Waals surface area contributed by atoms with E-state index in [1.54, 1.807) is 37.9 Å². The van der Waals surface area contributed by atoms with Crippen molar-refractivity contribution >= 4 is 29.1 Å². The highest BCUT2D eigenvalue weighted by atomic mass is 16.5.